The monoisotopic (exact) mass is 323 g/mol. The number of nitrogens with one attached hydrogen (secondary N) is 1. The third-order valence-corrected chi connectivity index (χ3v) is 4.42. The number of carbonyl (C=O) groups is 1. The average Bonchev–Trinajstić information content (AvgIpc) is 2.24. The largest absolute Gasteiger partial charge is 0.481 e. The van der Waals surface area contributed by atoms with Crippen LogP contribution in [0.5, 0.6) is 0 Å². The quantitative estimate of drug-likeness (QED) is 0.842. The van der Waals surface area contributed by atoms with Crippen molar-refractivity contribution in [3.05, 3.63) is 29.0 Å². The number of hydrogen-bond donors (Lipinski definition) is 2. The van der Waals surface area contributed by atoms with E-state index in [1.807, 2.05) is 0 Å². The van der Waals surface area contributed by atoms with Crippen LogP contribution in [-0.2, 0) is 14.8 Å². The molecule has 0 aliphatic rings. The van der Waals surface area contributed by atoms with Gasteiger partial charge in [-0.3, -0.25) is 4.79 Å². The molecule has 1 aromatic rings. The molecule has 0 atom stereocenters. The van der Waals surface area contributed by atoms with E-state index in [0.29, 0.717) is 0 Å². The molecule has 1 rings (SSSR count). The van der Waals surface area contributed by atoms with Gasteiger partial charge in [-0.25, -0.2) is 17.5 Å². The number of carboxylic acid groups (broad SMARTS) is 1. The predicted molar refractivity (Wildman–Crippen MR) is 72.7 cm³/mol. The normalized spacial score (nSPS) is 12.4. The lowest BCUT2D eigenvalue weighted by Gasteiger charge is -2.25. The van der Waals surface area contributed by atoms with Gasteiger partial charge in [0.1, 0.15) is 5.82 Å². The van der Waals surface area contributed by atoms with Crippen LogP contribution in [0.2, 0.25) is 5.02 Å². The van der Waals surface area contributed by atoms with E-state index in [2.05, 4.69) is 4.72 Å². The molecule has 0 aliphatic heterocycles. The van der Waals surface area contributed by atoms with Crippen LogP contribution in [0.15, 0.2) is 23.1 Å². The van der Waals surface area contributed by atoms with E-state index in [1.54, 1.807) is 13.8 Å². The maximum absolute atomic E-state index is 13.2. The van der Waals surface area contributed by atoms with Gasteiger partial charge in [-0.2, -0.15) is 0 Å². The van der Waals surface area contributed by atoms with Crippen molar-refractivity contribution in [1.82, 2.24) is 4.72 Å². The van der Waals surface area contributed by atoms with Crippen molar-refractivity contribution < 1.29 is 22.7 Å². The molecule has 0 radical (unpaired) electrons. The van der Waals surface area contributed by atoms with Crippen LogP contribution in [-0.4, -0.2) is 25.0 Å². The number of rotatable bonds is 6. The third kappa shape index (κ3) is 5.07. The predicted octanol–water partition coefficient (Wildman–Crippen LogP) is 2.40. The minimum atomic E-state index is -3.98. The van der Waals surface area contributed by atoms with Crippen LogP contribution in [0.1, 0.15) is 26.7 Å². The van der Waals surface area contributed by atoms with Crippen molar-refractivity contribution in [2.45, 2.75) is 37.1 Å². The minimum absolute atomic E-state index is 0.0336. The summed E-state index contributed by atoms with van der Waals surface area (Å²) in [6, 6.07) is 2.97. The first-order chi connectivity index (χ1) is 9.02. The maximum atomic E-state index is 13.2. The first kappa shape index (κ1) is 16.9. The molecular weight excluding hydrogens is 309 g/mol. The Balaban J connectivity index is 2.96. The zero-order chi connectivity index (χ0) is 15.6. The zero-order valence-electron chi connectivity index (χ0n) is 11.0. The molecule has 0 aromatic heterocycles. The second-order valence-electron chi connectivity index (χ2n) is 4.99. The Bertz CT molecular complexity index is 596. The number of carboxylic acids is 1. The number of benzene rings is 1. The van der Waals surface area contributed by atoms with Gasteiger partial charge >= 0.3 is 5.97 Å². The summed E-state index contributed by atoms with van der Waals surface area (Å²) >= 11 is 5.62. The van der Waals surface area contributed by atoms with E-state index in [9.17, 15) is 17.6 Å². The van der Waals surface area contributed by atoms with E-state index in [4.69, 9.17) is 16.7 Å². The van der Waals surface area contributed by atoms with E-state index < -0.39 is 27.3 Å². The topological polar surface area (TPSA) is 83.5 Å². The molecule has 8 heteroatoms. The molecule has 0 spiro atoms. The molecule has 112 valence electrons. The van der Waals surface area contributed by atoms with Gasteiger partial charge in [0, 0.05) is 17.0 Å². The van der Waals surface area contributed by atoms with Crippen LogP contribution in [0, 0.1) is 5.82 Å². The summed E-state index contributed by atoms with van der Waals surface area (Å²) in [5.74, 6) is -1.78. The highest BCUT2D eigenvalue weighted by molar-refractivity contribution is 7.89. The lowest BCUT2D eigenvalue weighted by atomic mass is 10.0. The Kier molecular flexibility index (Phi) is 5.12. The molecule has 0 fully saturated rings. The summed E-state index contributed by atoms with van der Waals surface area (Å²) in [5.41, 5.74) is -0.976. The summed E-state index contributed by atoms with van der Waals surface area (Å²) < 4.78 is 39.8. The summed E-state index contributed by atoms with van der Waals surface area (Å²) in [6.07, 6.45) is -0.0793. The van der Waals surface area contributed by atoms with Gasteiger partial charge in [-0.05, 0) is 38.5 Å². The summed E-state index contributed by atoms with van der Waals surface area (Å²) in [7, 11) is -3.98. The second kappa shape index (κ2) is 6.07. The third-order valence-electron chi connectivity index (χ3n) is 2.52. The van der Waals surface area contributed by atoms with Gasteiger partial charge in [0.15, 0.2) is 0 Å². The van der Waals surface area contributed by atoms with Crippen LogP contribution in [0.4, 0.5) is 4.39 Å². The lowest BCUT2D eigenvalue weighted by Crippen LogP contribution is -2.43. The number of hydrogen-bond acceptors (Lipinski definition) is 3. The summed E-state index contributed by atoms with van der Waals surface area (Å²) in [6.45, 7) is 3.10. The zero-order valence-corrected chi connectivity index (χ0v) is 12.6. The molecule has 0 amide bonds. The fraction of sp³-hybridized carbons (Fsp3) is 0.417. The van der Waals surface area contributed by atoms with Crippen molar-refractivity contribution in [2.24, 2.45) is 0 Å². The fourth-order valence-electron chi connectivity index (χ4n) is 1.58. The highest BCUT2D eigenvalue weighted by Gasteiger charge is 2.27. The Hall–Kier alpha value is -1.18. The van der Waals surface area contributed by atoms with Crippen LogP contribution in [0.25, 0.3) is 0 Å². The average molecular weight is 324 g/mol. The highest BCUT2D eigenvalue weighted by Crippen LogP contribution is 2.21. The van der Waals surface area contributed by atoms with E-state index in [-0.39, 0.29) is 22.8 Å². The first-order valence-electron chi connectivity index (χ1n) is 5.74. The standard InChI is InChI=1S/C12H15ClFNO4S/c1-12(2,4-3-11(16)17)15-20(18,19)10-6-8(13)5-9(14)7-10/h5-7,15H,3-4H2,1-2H3,(H,16,17). The van der Waals surface area contributed by atoms with Crippen LogP contribution < -0.4 is 4.72 Å². The highest BCUT2D eigenvalue weighted by atomic mass is 35.5. The van der Waals surface area contributed by atoms with Crippen molar-refractivity contribution in [1.29, 1.82) is 0 Å². The summed E-state index contributed by atoms with van der Waals surface area (Å²) in [5, 5.41) is 8.59. The smallest absolute Gasteiger partial charge is 0.303 e. The number of halogens is 2. The maximum Gasteiger partial charge on any atom is 0.303 e. The molecule has 0 heterocycles. The van der Waals surface area contributed by atoms with Gasteiger partial charge in [-0.1, -0.05) is 11.6 Å². The molecule has 0 bridgehead atoms. The van der Waals surface area contributed by atoms with Gasteiger partial charge in [0.05, 0.1) is 4.90 Å². The molecule has 5 nitrogen and oxygen atoms in total. The molecular formula is C12H15ClFNO4S. The molecule has 0 unspecified atom stereocenters. The van der Waals surface area contributed by atoms with Gasteiger partial charge in [0.25, 0.3) is 0 Å². The summed E-state index contributed by atoms with van der Waals surface area (Å²) in [4.78, 5) is 10.2. The number of aliphatic carboxylic acids is 1. The fourth-order valence-corrected chi connectivity index (χ4v) is 3.36. The SMILES string of the molecule is CC(C)(CCC(=O)O)NS(=O)(=O)c1cc(F)cc(Cl)c1. The Morgan fingerprint density at radius 2 is 2.00 bits per heavy atom. The molecule has 1 aromatic carbocycles. The van der Waals surface area contributed by atoms with Gasteiger partial charge in [-0.15, -0.1) is 0 Å². The lowest BCUT2D eigenvalue weighted by molar-refractivity contribution is -0.137. The van der Waals surface area contributed by atoms with Crippen molar-refractivity contribution in [2.75, 3.05) is 0 Å². The number of sulfonamides is 1. The Morgan fingerprint density at radius 3 is 2.50 bits per heavy atom. The van der Waals surface area contributed by atoms with Crippen LogP contribution >= 0.6 is 11.6 Å². The molecule has 20 heavy (non-hydrogen) atoms. The minimum Gasteiger partial charge on any atom is -0.481 e. The van der Waals surface area contributed by atoms with Crippen molar-refractivity contribution in [3.8, 4) is 0 Å². The van der Waals surface area contributed by atoms with Crippen LogP contribution in [0.3, 0.4) is 0 Å². The van der Waals surface area contributed by atoms with Crippen molar-refractivity contribution >= 4 is 27.6 Å². The van der Waals surface area contributed by atoms with E-state index in [0.717, 1.165) is 18.2 Å². The Labute approximate surface area is 121 Å². The van der Waals surface area contributed by atoms with E-state index >= 15 is 0 Å². The molecule has 2 N–H and O–H groups in total. The first-order valence-corrected chi connectivity index (χ1v) is 7.60. The van der Waals surface area contributed by atoms with Crippen molar-refractivity contribution in [3.63, 3.8) is 0 Å². The molecule has 0 saturated heterocycles. The second-order valence-corrected chi connectivity index (χ2v) is 7.11. The Morgan fingerprint density at radius 1 is 1.40 bits per heavy atom. The van der Waals surface area contributed by atoms with E-state index in [1.165, 1.54) is 0 Å². The molecule has 0 saturated carbocycles. The van der Waals surface area contributed by atoms with Gasteiger partial charge < -0.3 is 5.11 Å². The molecule has 0 aliphatic carbocycles. The van der Waals surface area contributed by atoms with Gasteiger partial charge in [0.2, 0.25) is 10.0 Å².